The highest BCUT2D eigenvalue weighted by Gasteiger charge is 2.41. The van der Waals surface area contributed by atoms with Crippen molar-refractivity contribution in [2.45, 2.75) is 37.6 Å². The highest BCUT2D eigenvalue weighted by Crippen LogP contribution is 2.44. The van der Waals surface area contributed by atoms with Crippen molar-refractivity contribution in [1.82, 2.24) is 5.32 Å². The first kappa shape index (κ1) is 13.6. The number of benzene rings is 1. The Kier molecular flexibility index (Phi) is 3.74. The first-order valence-corrected chi connectivity index (χ1v) is 7.70. The van der Waals surface area contributed by atoms with Gasteiger partial charge in [0, 0.05) is 6.04 Å². The first-order valence-electron chi connectivity index (χ1n) is 7.30. The summed E-state index contributed by atoms with van der Waals surface area (Å²) in [6.07, 6.45) is 4.97. The van der Waals surface area contributed by atoms with E-state index in [9.17, 15) is 4.79 Å². The molecule has 20 heavy (non-hydrogen) atoms. The van der Waals surface area contributed by atoms with Gasteiger partial charge >= 0.3 is 0 Å². The number of amides is 1. The van der Waals surface area contributed by atoms with Crippen molar-refractivity contribution < 1.29 is 4.79 Å². The minimum Gasteiger partial charge on any atom is -0.392 e. The molecule has 1 amide bonds. The molecule has 1 aromatic rings. The van der Waals surface area contributed by atoms with Crippen molar-refractivity contribution in [1.29, 1.82) is 0 Å². The fraction of sp³-hybridized carbons (Fsp3) is 0.500. The van der Waals surface area contributed by atoms with Crippen LogP contribution >= 0.6 is 12.2 Å². The Balaban J connectivity index is 1.72. The molecule has 0 spiro atoms. The molecule has 0 aliphatic heterocycles. The van der Waals surface area contributed by atoms with Gasteiger partial charge in [0.1, 0.15) is 5.92 Å². The van der Waals surface area contributed by atoms with Gasteiger partial charge in [-0.1, -0.05) is 49.0 Å². The third-order valence-corrected chi connectivity index (χ3v) is 4.98. The summed E-state index contributed by atoms with van der Waals surface area (Å²) < 4.78 is 0. The number of nitrogens with one attached hydrogen (secondary N) is 1. The second-order valence-corrected chi connectivity index (χ2v) is 6.51. The number of rotatable bonds is 4. The van der Waals surface area contributed by atoms with Gasteiger partial charge in [0.2, 0.25) is 5.91 Å². The van der Waals surface area contributed by atoms with Gasteiger partial charge in [-0.2, -0.15) is 0 Å². The maximum Gasteiger partial charge on any atom is 0.234 e. The zero-order valence-electron chi connectivity index (χ0n) is 11.4. The van der Waals surface area contributed by atoms with Crippen LogP contribution in [0.1, 0.15) is 37.2 Å². The number of carbonyl (C=O) groups is 1. The third-order valence-electron chi connectivity index (χ3n) is 4.75. The zero-order chi connectivity index (χ0) is 14.1. The van der Waals surface area contributed by atoms with E-state index < -0.39 is 5.92 Å². The lowest BCUT2D eigenvalue weighted by atomic mass is 9.93. The van der Waals surface area contributed by atoms with E-state index in [4.69, 9.17) is 18.0 Å². The molecule has 0 heterocycles. The van der Waals surface area contributed by atoms with Crippen molar-refractivity contribution in [3.8, 4) is 0 Å². The van der Waals surface area contributed by atoms with Crippen LogP contribution in [0.4, 0.5) is 0 Å². The summed E-state index contributed by atoms with van der Waals surface area (Å²) in [5.41, 5.74) is 6.67. The molecule has 2 saturated carbocycles. The minimum atomic E-state index is -0.509. The number of nitrogens with two attached hydrogens (primary N) is 1. The third kappa shape index (κ3) is 2.57. The Hall–Kier alpha value is -1.42. The highest BCUT2D eigenvalue weighted by molar-refractivity contribution is 7.80. The van der Waals surface area contributed by atoms with E-state index in [0.717, 1.165) is 17.9 Å². The van der Waals surface area contributed by atoms with E-state index in [2.05, 4.69) is 5.32 Å². The van der Waals surface area contributed by atoms with Crippen LogP contribution in [-0.2, 0) is 4.79 Å². The van der Waals surface area contributed by atoms with E-state index in [1.807, 2.05) is 30.3 Å². The normalized spacial score (nSPS) is 29.1. The van der Waals surface area contributed by atoms with Crippen LogP contribution in [0, 0.1) is 11.8 Å². The molecule has 0 radical (unpaired) electrons. The number of thiocarbonyl (C=S) groups is 1. The van der Waals surface area contributed by atoms with Gasteiger partial charge in [0.25, 0.3) is 0 Å². The molecule has 4 atom stereocenters. The van der Waals surface area contributed by atoms with Gasteiger partial charge < -0.3 is 11.1 Å². The number of hydrogen-bond acceptors (Lipinski definition) is 2. The Morgan fingerprint density at radius 3 is 2.55 bits per heavy atom. The van der Waals surface area contributed by atoms with Crippen LogP contribution in [0.25, 0.3) is 0 Å². The van der Waals surface area contributed by atoms with E-state index in [-0.39, 0.29) is 10.9 Å². The van der Waals surface area contributed by atoms with Crippen LogP contribution in [0.5, 0.6) is 0 Å². The summed E-state index contributed by atoms with van der Waals surface area (Å²) in [6, 6.07) is 9.88. The molecule has 3 rings (SSSR count). The molecule has 2 bridgehead atoms. The fourth-order valence-corrected chi connectivity index (χ4v) is 4.02. The van der Waals surface area contributed by atoms with E-state index in [1.54, 1.807) is 0 Å². The standard InChI is InChI=1S/C16H20N2OS/c17-15(20)14(11-4-2-1-3-5-11)16(19)18-13-9-10-6-7-12(13)8-10/h1-5,10,12-14H,6-9H2,(H2,17,20)(H,18,19). The van der Waals surface area contributed by atoms with Crippen LogP contribution in [0.2, 0.25) is 0 Å². The molecule has 4 heteroatoms. The molecule has 1 aromatic carbocycles. The van der Waals surface area contributed by atoms with Crippen molar-refractivity contribution in [2.75, 3.05) is 0 Å². The van der Waals surface area contributed by atoms with Crippen LogP contribution in [0.3, 0.4) is 0 Å². The topological polar surface area (TPSA) is 55.1 Å². The quantitative estimate of drug-likeness (QED) is 0.836. The summed E-state index contributed by atoms with van der Waals surface area (Å²) in [4.78, 5) is 12.8. The summed E-state index contributed by atoms with van der Waals surface area (Å²) in [5.74, 6) is 0.920. The molecule has 2 aliphatic carbocycles. The molecular weight excluding hydrogens is 268 g/mol. The lowest BCUT2D eigenvalue weighted by Crippen LogP contribution is -2.44. The molecular formula is C16H20N2OS. The summed E-state index contributed by atoms with van der Waals surface area (Å²) in [6.45, 7) is 0. The Labute approximate surface area is 124 Å². The predicted molar refractivity (Wildman–Crippen MR) is 83.3 cm³/mol. The molecule has 2 aliphatic rings. The van der Waals surface area contributed by atoms with Gasteiger partial charge in [-0.3, -0.25) is 4.79 Å². The van der Waals surface area contributed by atoms with Crippen molar-refractivity contribution in [3.63, 3.8) is 0 Å². The van der Waals surface area contributed by atoms with Crippen molar-refractivity contribution in [3.05, 3.63) is 35.9 Å². The van der Waals surface area contributed by atoms with Gasteiger partial charge in [0.05, 0.1) is 4.99 Å². The zero-order valence-corrected chi connectivity index (χ0v) is 12.2. The number of hydrogen-bond donors (Lipinski definition) is 2. The Morgan fingerprint density at radius 2 is 2.00 bits per heavy atom. The highest BCUT2D eigenvalue weighted by atomic mass is 32.1. The number of fused-ring (bicyclic) bond motifs is 2. The molecule has 3 nitrogen and oxygen atoms in total. The second-order valence-electron chi connectivity index (χ2n) is 6.04. The second kappa shape index (κ2) is 5.52. The molecule has 3 N–H and O–H groups in total. The maximum atomic E-state index is 12.5. The Morgan fingerprint density at radius 1 is 1.25 bits per heavy atom. The fourth-order valence-electron chi connectivity index (χ4n) is 3.78. The largest absolute Gasteiger partial charge is 0.392 e. The van der Waals surface area contributed by atoms with Crippen LogP contribution < -0.4 is 11.1 Å². The van der Waals surface area contributed by atoms with Gasteiger partial charge in [-0.15, -0.1) is 0 Å². The van der Waals surface area contributed by atoms with Crippen molar-refractivity contribution in [2.24, 2.45) is 17.6 Å². The molecule has 0 aromatic heterocycles. The van der Waals surface area contributed by atoms with Gasteiger partial charge in [0.15, 0.2) is 0 Å². The minimum absolute atomic E-state index is 0.0405. The van der Waals surface area contributed by atoms with E-state index in [1.165, 1.54) is 19.3 Å². The SMILES string of the molecule is NC(=S)C(C(=O)NC1CC2CCC1C2)c1ccccc1. The predicted octanol–water partition coefficient (Wildman–Crippen LogP) is 2.36. The lowest BCUT2D eigenvalue weighted by molar-refractivity contribution is -0.122. The van der Waals surface area contributed by atoms with Gasteiger partial charge in [-0.05, 0) is 36.7 Å². The number of carbonyl (C=O) groups excluding carboxylic acids is 1. The molecule has 4 unspecified atom stereocenters. The van der Waals surface area contributed by atoms with Gasteiger partial charge in [-0.25, -0.2) is 0 Å². The van der Waals surface area contributed by atoms with Crippen LogP contribution in [-0.4, -0.2) is 16.9 Å². The smallest absolute Gasteiger partial charge is 0.234 e. The molecule has 0 saturated heterocycles. The summed E-state index contributed by atoms with van der Waals surface area (Å²) in [5, 5.41) is 3.18. The average Bonchev–Trinajstić information content (AvgIpc) is 3.02. The maximum absolute atomic E-state index is 12.5. The van der Waals surface area contributed by atoms with Crippen LogP contribution in [0.15, 0.2) is 30.3 Å². The monoisotopic (exact) mass is 288 g/mol. The molecule has 2 fully saturated rings. The average molecular weight is 288 g/mol. The van der Waals surface area contributed by atoms with Crippen molar-refractivity contribution >= 4 is 23.1 Å². The van der Waals surface area contributed by atoms with E-state index >= 15 is 0 Å². The molecule has 106 valence electrons. The lowest BCUT2D eigenvalue weighted by Gasteiger charge is -2.25. The first-order chi connectivity index (χ1) is 9.65. The van der Waals surface area contributed by atoms with E-state index in [0.29, 0.717) is 12.0 Å². The summed E-state index contributed by atoms with van der Waals surface area (Å²) in [7, 11) is 0. The Bertz CT molecular complexity index is 516. The summed E-state index contributed by atoms with van der Waals surface area (Å²) >= 11 is 5.10.